The normalized spacial score (nSPS) is 11.1. The van der Waals surface area contributed by atoms with Crippen LogP contribution in [0.1, 0.15) is 29.6 Å². The summed E-state index contributed by atoms with van der Waals surface area (Å²) in [4.78, 5) is 0. The van der Waals surface area contributed by atoms with Crippen molar-refractivity contribution in [1.29, 1.82) is 0 Å². The topological polar surface area (TPSA) is 61.2 Å². The number of ether oxygens (including phenoxy) is 2. The van der Waals surface area contributed by atoms with Gasteiger partial charge >= 0.3 is 0 Å². The molecule has 7 heteroatoms. The smallest absolute Gasteiger partial charge is 0.162 e. The highest BCUT2D eigenvalue weighted by molar-refractivity contribution is 5.99. The number of hydrogen-bond acceptors (Lipinski definition) is 5. The van der Waals surface area contributed by atoms with E-state index >= 15 is 0 Å². The summed E-state index contributed by atoms with van der Waals surface area (Å²) in [6.07, 6.45) is 0. The van der Waals surface area contributed by atoms with Crippen LogP contribution in [0.25, 0.3) is 16.5 Å². The van der Waals surface area contributed by atoms with Crippen LogP contribution in [0.4, 0.5) is 15.9 Å². The number of fused-ring (bicyclic) bond motifs is 1. The molecule has 0 atom stereocenters. The molecule has 6 nitrogen and oxygen atoms in total. The van der Waals surface area contributed by atoms with E-state index in [1.165, 1.54) is 6.07 Å². The Morgan fingerprint density at radius 3 is 2.41 bits per heavy atom. The molecule has 0 saturated heterocycles. The second-order valence-corrected chi connectivity index (χ2v) is 7.75. The van der Waals surface area contributed by atoms with Crippen molar-refractivity contribution in [2.45, 2.75) is 34.6 Å². The molecule has 0 radical (unpaired) electrons. The Hall–Kier alpha value is -3.61. The monoisotopic (exact) mass is 434 g/mol. The first kappa shape index (κ1) is 21.6. The van der Waals surface area contributed by atoms with Gasteiger partial charge in [0.1, 0.15) is 17.3 Å². The number of anilines is 2. The lowest BCUT2D eigenvalue weighted by molar-refractivity contribution is 0.336. The fourth-order valence-electron chi connectivity index (χ4n) is 4.15. The highest BCUT2D eigenvalue weighted by atomic mass is 19.1. The standard InChI is InChI=1S/C25H27FN4O2/c1-7-32-19-10-11-21(22(13-19)31-6)30-16(4)23-15(3)28-29-25(24(23)17(30)5)27-18-9-8-14(2)20(26)12-18/h8-13H,7H2,1-6H3,(H,27,29). The maximum absolute atomic E-state index is 14.1. The van der Waals surface area contributed by atoms with Gasteiger partial charge in [0.25, 0.3) is 0 Å². The van der Waals surface area contributed by atoms with Crippen molar-refractivity contribution < 1.29 is 13.9 Å². The van der Waals surface area contributed by atoms with Crippen LogP contribution in [-0.4, -0.2) is 28.5 Å². The Kier molecular flexibility index (Phi) is 5.74. The van der Waals surface area contributed by atoms with Crippen molar-refractivity contribution in [2.24, 2.45) is 0 Å². The molecule has 2 aromatic carbocycles. The van der Waals surface area contributed by atoms with Crippen LogP contribution in [0.5, 0.6) is 11.5 Å². The van der Waals surface area contributed by atoms with Crippen LogP contribution >= 0.6 is 0 Å². The van der Waals surface area contributed by atoms with Crippen molar-refractivity contribution in [3.05, 3.63) is 64.9 Å². The largest absolute Gasteiger partial charge is 0.494 e. The van der Waals surface area contributed by atoms with Crippen molar-refractivity contribution >= 4 is 22.3 Å². The van der Waals surface area contributed by atoms with Crippen LogP contribution < -0.4 is 14.8 Å². The zero-order valence-electron chi connectivity index (χ0n) is 19.2. The molecule has 32 heavy (non-hydrogen) atoms. The molecule has 0 aliphatic heterocycles. The third-order valence-corrected chi connectivity index (χ3v) is 5.68. The third kappa shape index (κ3) is 3.64. The lowest BCUT2D eigenvalue weighted by Crippen LogP contribution is -2.03. The predicted molar refractivity (Wildman–Crippen MR) is 125 cm³/mol. The van der Waals surface area contributed by atoms with E-state index in [1.807, 2.05) is 45.0 Å². The van der Waals surface area contributed by atoms with Gasteiger partial charge in [-0.2, -0.15) is 5.10 Å². The molecule has 0 saturated carbocycles. The van der Waals surface area contributed by atoms with Gasteiger partial charge in [0, 0.05) is 33.9 Å². The minimum absolute atomic E-state index is 0.268. The lowest BCUT2D eigenvalue weighted by Gasteiger charge is -2.15. The Morgan fingerprint density at radius 1 is 0.969 bits per heavy atom. The van der Waals surface area contributed by atoms with Gasteiger partial charge in [-0.1, -0.05) is 6.07 Å². The zero-order chi connectivity index (χ0) is 23.0. The number of nitrogens with zero attached hydrogens (tertiary/aromatic N) is 3. The van der Waals surface area contributed by atoms with Crippen molar-refractivity contribution in [3.8, 4) is 17.2 Å². The molecule has 4 aromatic rings. The summed E-state index contributed by atoms with van der Waals surface area (Å²) in [6, 6.07) is 10.9. The van der Waals surface area contributed by atoms with Gasteiger partial charge in [0.15, 0.2) is 5.82 Å². The van der Waals surface area contributed by atoms with E-state index in [0.29, 0.717) is 29.4 Å². The molecule has 0 spiro atoms. The van der Waals surface area contributed by atoms with Crippen LogP contribution in [0.3, 0.4) is 0 Å². The highest BCUT2D eigenvalue weighted by Gasteiger charge is 2.21. The van der Waals surface area contributed by atoms with Crippen LogP contribution in [0, 0.1) is 33.5 Å². The van der Waals surface area contributed by atoms with Gasteiger partial charge < -0.3 is 19.4 Å². The Labute approximate surface area is 187 Å². The second kappa shape index (κ2) is 8.49. The molecule has 0 aliphatic carbocycles. The summed E-state index contributed by atoms with van der Waals surface area (Å²) in [6.45, 7) is 10.3. The molecule has 2 heterocycles. The summed E-state index contributed by atoms with van der Waals surface area (Å²) < 4.78 is 27.5. The quantitative estimate of drug-likeness (QED) is 0.407. The maximum Gasteiger partial charge on any atom is 0.162 e. The number of aromatic nitrogens is 3. The van der Waals surface area contributed by atoms with Gasteiger partial charge in [-0.25, -0.2) is 4.39 Å². The van der Waals surface area contributed by atoms with Crippen molar-refractivity contribution in [3.63, 3.8) is 0 Å². The Balaban J connectivity index is 1.90. The SMILES string of the molecule is CCOc1ccc(-n2c(C)c3c(C)nnc(Nc4ccc(C)c(F)c4)c3c2C)c(OC)c1. The molecule has 4 rings (SSSR count). The number of nitrogens with one attached hydrogen (secondary N) is 1. The first-order valence-corrected chi connectivity index (χ1v) is 10.5. The van der Waals surface area contributed by atoms with E-state index in [0.717, 1.165) is 39.3 Å². The van der Waals surface area contributed by atoms with Gasteiger partial charge in [0.05, 0.1) is 25.1 Å². The molecule has 2 aromatic heterocycles. The maximum atomic E-state index is 14.1. The van der Waals surface area contributed by atoms with Crippen LogP contribution in [0.15, 0.2) is 36.4 Å². The van der Waals surface area contributed by atoms with E-state index in [1.54, 1.807) is 20.1 Å². The molecule has 166 valence electrons. The van der Waals surface area contributed by atoms with E-state index < -0.39 is 0 Å². The third-order valence-electron chi connectivity index (χ3n) is 5.68. The fourth-order valence-corrected chi connectivity index (χ4v) is 4.15. The van der Waals surface area contributed by atoms with Crippen LogP contribution in [0.2, 0.25) is 0 Å². The number of aryl methyl sites for hydroxylation is 4. The summed E-state index contributed by atoms with van der Waals surface area (Å²) in [5, 5.41) is 13.9. The van der Waals surface area contributed by atoms with E-state index in [-0.39, 0.29) is 5.82 Å². The minimum Gasteiger partial charge on any atom is -0.494 e. The number of halogens is 1. The number of rotatable bonds is 6. The second-order valence-electron chi connectivity index (χ2n) is 7.75. The summed E-state index contributed by atoms with van der Waals surface area (Å²) in [5.41, 5.74) is 4.93. The molecule has 0 amide bonds. The van der Waals surface area contributed by atoms with E-state index in [2.05, 4.69) is 27.0 Å². The molecular formula is C25H27FN4O2. The number of methoxy groups -OCH3 is 1. The van der Waals surface area contributed by atoms with Gasteiger partial charge in [-0.05, 0) is 64.4 Å². The van der Waals surface area contributed by atoms with Gasteiger partial charge in [0.2, 0.25) is 0 Å². The van der Waals surface area contributed by atoms with E-state index in [4.69, 9.17) is 9.47 Å². The van der Waals surface area contributed by atoms with Gasteiger partial charge in [-0.3, -0.25) is 0 Å². The highest BCUT2D eigenvalue weighted by Crippen LogP contribution is 2.38. The molecule has 1 N–H and O–H groups in total. The number of benzene rings is 2. The molecular weight excluding hydrogens is 407 g/mol. The Morgan fingerprint density at radius 2 is 1.72 bits per heavy atom. The first-order chi connectivity index (χ1) is 15.3. The lowest BCUT2D eigenvalue weighted by atomic mass is 10.1. The minimum atomic E-state index is -0.268. The van der Waals surface area contributed by atoms with Crippen molar-refractivity contribution in [2.75, 3.05) is 19.0 Å². The van der Waals surface area contributed by atoms with E-state index in [9.17, 15) is 4.39 Å². The molecule has 0 bridgehead atoms. The molecule has 0 unspecified atom stereocenters. The average molecular weight is 435 g/mol. The zero-order valence-corrected chi connectivity index (χ0v) is 19.2. The predicted octanol–water partition coefficient (Wildman–Crippen LogP) is 5.94. The molecule has 0 fully saturated rings. The number of hydrogen-bond donors (Lipinski definition) is 1. The average Bonchev–Trinajstić information content (AvgIpc) is 3.04. The van der Waals surface area contributed by atoms with Crippen LogP contribution in [-0.2, 0) is 0 Å². The molecule has 0 aliphatic rings. The fraction of sp³-hybridized carbons (Fsp3) is 0.280. The summed E-state index contributed by atoms with van der Waals surface area (Å²) >= 11 is 0. The van der Waals surface area contributed by atoms with Crippen molar-refractivity contribution in [1.82, 2.24) is 14.8 Å². The van der Waals surface area contributed by atoms with Gasteiger partial charge in [-0.15, -0.1) is 5.10 Å². The summed E-state index contributed by atoms with van der Waals surface area (Å²) in [5.74, 6) is 1.77. The Bertz CT molecular complexity index is 1310. The first-order valence-electron chi connectivity index (χ1n) is 10.5. The summed E-state index contributed by atoms with van der Waals surface area (Å²) in [7, 11) is 1.65.